The Bertz CT molecular complexity index is 493. The van der Waals surface area contributed by atoms with Crippen LogP contribution in [0.2, 0.25) is 0 Å². The summed E-state index contributed by atoms with van der Waals surface area (Å²) in [6.45, 7) is 0.622. The topological polar surface area (TPSA) is 36.9 Å². The van der Waals surface area contributed by atoms with Crippen LogP contribution in [-0.4, -0.2) is 38.1 Å². The molecule has 4 nitrogen and oxygen atoms in total. The van der Waals surface area contributed by atoms with Crippen LogP contribution in [0.3, 0.4) is 0 Å². The van der Waals surface area contributed by atoms with E-state index >= 15 is 0 Å². The first-order valence-electron chi connectivity index (χ1n) is 7.13. The van der Waals surface area contributed by atoms with Crippen LogP contribution in [0.1, 0.15) is 18.9 Å². The van der Waals surface area contributed by atoms with Crippen LogP contribution in [0.15, 0.2) is 41.4 Å². The van der Waals surface area contributed by atoms with Gasteiger partial charge in [-0.05, 0) is 31.0 Å². The van der Waals surface area contributed by atoms with E-state index in [9.17, 15) is 8.78 Å². The number of nitrogens with zero attached hydrogens (tertiary/aromatic N) is 2. The molecule has 0 heterocycles. The third-order valence-corrected chi connectivity index (χ3v) is 2.97. The lowest BCUT2D eigenvalue weighted by Gasteiger charge is -2.22. The fourth-order valence-electron chi connectivity index (χ4n) is 1.94. The van der Waals surface area contributed by atoms with Crippen LogP contribution in [0.4, 0.5) is 8.78 Å². The Morgan fingerprint density at radius 1 is 1.35 bits per heavy atom. The minimum Gasteiger partial charge on any atom is -0.435 e. The smallest absolute Gasteiger partial charge is 0.387 e. The van der Waals surface area contributed by atoms with Gasteiger partial charge in [-0.1, -0.05) is 24.3 Å². The van der Waals surface area contributed by atoms with E-state index in [1.807, 2.05) is 24.9 Å². The number of benzene rings is 1. The molecule has 0 atom stereocenters. The summed E-state index contributed by atoms with van der Waals surface area (Å²) in [5, 5.41) is 3.26. The van der Waals surface area contributed by atoms with Crippen LogP contribution in [0.25, 0.3) is 0 Å². The van der Waals surface area contributed by atoms with Crippen LogP contribution >= 0.6 is 24.0 Å². The summed E-state index contributed by atoms with van der Waals surface area (Å²) in [6, 6.07) is 6.61. The number of allylic oxidation sites excluding steroid dienone is 1. The molecule has 1 aromatic carbocycles. The third kappa shape index (κ3) is 8.73. The zero-order valence-electron chi connectivity index (χ0n) is 13.6. The van der Waals surface area contributed by atoms with Gasteiger partial charge in [-0.15, -0.1) is 24.0 Å². The minimum atomic E-state index is -2.80. The first kappa shape index (κ1) is 21.6. The van der Waals surface area contributed by atoms with Crippen molar-refractivity contribution in [3.63, 3.8) is 0 Å². The number of hydrogen-bond acceptors (Lipinski definition) is 2. The standard InChI is InChI=1S/C16H23F2N3O.HI/c1-4-5-6-11-20-16(19-2)21(3)12-13-7-9-14(10-8-13)22-15(17)18;/h4-5,7-10,15H,6,11-12H2,1-3H3,(H,19,20);1H/b5-4+;. The van der Waals surface area contributed by atoms with Gasteiger partial charge in [0.05, 0.1) is 0 Å². The molecule has 0 radical (unpaired) electrons. The van der Waals surface area contributed by atoms with Crippen molar-refractivity contribution in [1.29, 1.82) is 0 Å². The zero-order chi connectivity index (χ0) is 16.4. The van der Waals surface area contributed by atoms with E-state index in [-0.39, 0.29) is 29.7 Å². The Hall–Kier alpha value is -1.38. The summed E-state index contributed by atoms with van der Waals surface area (Å²) in [5.74, 6) is 0.952. The summed E-state index contributed by atoms with van der Waals surface area (Å²) in [6.07, 6.45) is 5.03. The van der Waals surface area contributed by atoms with Crippen molar-refractivity contribution in [2.75, 3.05) is 20.6 Å². The predicted octanol–water partition coefficient (Wildman–Crippen LogP) is 3.88. The lowest BCUT2D eigenvalue weighted by atomic mass is 10.2. The fourth-order valence-corrected chi connectivity index (χ4v) is 1.94. The van der Waals surface area contributed by atoms with Crippen LogP contribution in [0, 0.1) is 0 Å². The van der Waals surface area contributed by atoms with Crippen molar-refractivity contribution in [2.45, 2.75) is 26.5 Å². The van der Waals surface area contributed by atoms with Crippen molar-refractivity contribution in [2.24, 2.45) is 4.99 Å². The highest BCUT2D eigenvalue weighted by Gasteiger charge is 2.07. The second-order valence-corrected chi connectivity index (χ2v) is 4.71. The molecule has 0 aromatic heterocycles. The summed E-state index contributed by atoms with van der Waals surface area (Å²) < 4.78 is 28.5. The predicted molar refractivity (Wildman–Crippen MR) is 101 cm³/mol. The van der Waals surface area contributed by atoms with E-state index in [2.05, 4.69) is 21.1 Å². The molecule has 0 amide bonds. The third-order valence-electron chi connectivity index (χ3n) is 2.97. The molecule has 0 bridgehead atoms. The molecule has 1 rings (SSSR count). The first-order valence-corrected chi connectivity index (χ1v) is 7.13. The lowest BCUT2D eigenvalue weighted by Crippen LogP contribution is -2.38. The highest BCUT2D eigenvalue weighted by Crippen LogP contribution is 2.15. The van der Waals surface area contributed by atoms with E-state index in [1.54, 1.807) is 19.2 Å². The second kappa shape index (κ2) is 12.1. The van der Waals surface area contributed by atoms with E-state index < -0.39 is 6.61 Å². The minimum absolute atomic E-state index is 0. The Kier molecular flexibility index (Phi) is 11.4. The number of nitrogens with one attached hydrogen (secondary N) is 1. The molecule has 1 N–H and O–H groups in total. The summed E-state index contributed by atoms with van der Waals surface area (Å²) in [4.78, 5) is 6.19. The molecule has 130 valence electrons. The lowest BCUT2D eigenvalue weighted by molar-refractivity contribution is -0.0498. The zero-order valence-corrected chi connectivity index (χ0v) is 16.0. The number of ether oxygens (including phenoxy) is 1. The van der Waals surface area contributed by atoms with Crippen molar-refractivity contribution < 1.29 is 13.5 Å². The van der Waals surface area contributed by atoms with Crippen LogP contribution < -0.4 is 10.1 Å². The maximum Gasteiger partial charge on any atom is 0.387 e. The molecule has 0 aliphatic heterocycles. The monoisotopic (exact) mass is 439 g/mol. The fraction of sp³-hybridized carbons (Fsp3) is 0.438. The van der Waals surface area contributed by atoms with Crippen LogP contribution in [0.5, 0.6) is 5.75 Å². The average Bonchev–Trinajstić information content (AvgIpc) is 2.49. The Labute approximate surface area is 153 Å². The highest BCUT2D eigenvalue weighted by atomic mass is 127. The normalized spacial score (nSPS) is 11.5. The Morgan fingerprint density at radius 3 is 2.52 bits per heavy atom. The molecule has 0 saturated carbocycles. The van der Waals surface area contributed by atoms with Gasteiger partial charge >= 0.3 is 6.61 Å². The van der Waals surface area contributed by atoms with Gasteiger partial charge in [-0.2, -0.15) is 8.78 Å². The molecule has 0 unspecified atom stereocenters. The van der Waals surface area contributed by atoms with E-state index in [1.165, 1.54) is 12.1 Å². The molecule has 1 aromatic rings. The highest BCUT2D eigenvalue weighted by molar-refractivity contribution is 14.0. The van der Waals surface area contributed by atoms with Gasteiger partial charge in [0.1, 0.15) is 5.75 Å². The van der Waals surface area contributed by atoms with Gasteiger partial charge in [0, 0.05) is 27.2 Å². The van der Waals surface area contributed by atoms with Gasteiger partial charge in [0.15, 0.2) is 5.96 Å². The van der Waals surface area contributed by atoms with E-state index in [4.69, 9.17) is 0 Å². The SMILES string of the molecule is C/C=C/CCNC(=NC)N(C)Cc1ccc(OC(F)F)cc1.I. The molecule has 0 fully saturated rings. The molecule has 23 heavy (non-hydrogen) atoms. The Morgan fingerprint density at radius 2 is 2.00 bits per heavy atom. The van der Waals surface area contributed by atoms with E-state index in [0.29, 0.717) is 6.54 Å². The number of rotatable bonds is 7. The molecule has 0 spiro atoms. The maximum atomic E-state index is 12.1. The molecule has 0 aliphatic rings. The van der Waals surface area contributed by atoms with Crippen LogP contribution in [-0.2, 0) is 6.54 Å². The number of guanidine groups is 1. The summed E-state index contributed by atoms with van der Waals surface area (Å²) in [5.41, 5.74) is 0.987. The molecular weight excluding hydrogens is 415 g/mol. The molecular formula is C16H24F2IN3O. The number of alkyl halides is 2. The quantitative estimate of drug-likeness (QED) is 0.230. The maximum absolute atomic E-state index is 12.1. The molecule has 0 saturated heterocycles. The van der Waals surface area contributed by atoms with Crippen molar-refractivity contribution in [1.82, 2.24) is 10.2 Å². The van der Waals surface area contributed by atoms with Gasteiger partial charge < -0.3 is 15.0 Å². The van der Waals surface area contributed by atoms with Crippen molar-refractivity contribution >= 4 is 29.9 Å². The average molecular weight is 439 g/mol. The molecule has 7 heteroatoms. The molecule has 0 aliphatic carbocycles. The Balaban J connectivity index is 0.00000484. The largest absolute Gasteiger partial charge is 0.435 e. The van der Waals surface area contributed by atoms with Gasteiger partial charge in [-0.25, -0.2) is 0 Å². The van der Waals surface area contributed by atoms with E-state index in [0.717, 1.165) is 24.5 Å². The first-order chi connectivity index (χ1) is 10.6. The van der Waals surface area contributed by atoms with Crippen molar-refractivity contribution in [3.8, 4) is 5.75 Å². The summed E-state index contributed by atoms with van der Waals surface area (Å²) >= 11 is 0. The second-order valence-electron chi connectivity index (χ2n) is 4.71. The van der Waals surface area contributed by atoms with Crippen molar-refractivity contribution in [3.05, 3.63) is 42.0 Å². The van der Waals surface area contributed by atoms with Gasteiger partial charge in [-0.3, -0.25) is 4.99 Å². The number of halogens is 3. The number of aliphatic imine (C=N–C) groups is 1. The summed E-state index contributed by atoms with van der Waals surface area (Å²) in [7, 11) is 3.66. The number of hydrogen-bond donors (Lipinski definition) is 1. The van der Waals surface area contributed by atoms with Gasteiger partial charge in [0.2, 0.25) is 0 Å². The van der Waals surface area contributed by atoms with Gasteiger partial charge in [0.25, 0.3) is 0 Å².